The summed E-state index contributed by atoms with van der Waals surface area (Å²) in [5, 5.41) is 3.09. The number of phosphoric acid groups is 1. The van der Waals surface area contributed by atoms with E-state index in [1.165, 1.54) is 327 Å². The Labute approximate surface area is 567 Å². The predicted molar refractivity (Wildman–Crippen MR) is 397 cm³/mol. The summed E-state index contributed by atoms with van der Waals surface area (Å²) in [6.07, 6.45) is 90.4. The van der Waals surface area contributed by atoms with Crippen molar-refractivity contribution in [2.45, 2.75) is 431 Å². The SMILES string of the molecule is CCCCCCCC/C=C/CCCCCCCCCCCCCCCCCCCC(=O)OC(/C=C/CCCCCCCCCCCCC)C(COP(=O)(O)OCC[N+](C)(C)C)NC(=O)CCCCCCCCCCCCCCCCC/C=C/CCCCCCCC. The van der Waals surface area contributed by atoms with Gasteiger partial charge in [0.15, 0.2) is 0 Å². The summed E-state index contributed by atoms with van der Waals surface area (Å²) in [6, 6.07) is -0.846. The number of unbranched alkanes of at least 4 members (excludes halogenated alkanes) is 55. The fraction of sp³-hybridized carbons (Fsp3) is 0.901. The van der Waals surface area contributed by atoms with E-state index >= 15 is 0 Å². The molecule has 0 spiro atoms. The Kier molecular flexibility index (Phi) is 69.6. The van der Waals surface area contributed by atoms with Gasteiger partial charge in [-0.3, -0.25) is 18.6 Å². The van der Waals surface area contributed by atoms with Gasteiger partial charge in [0.25, 0.3) is 0 Å². The molecule has 0 bridgehead atoms. The molecule has 0 aromatic rings. The van der Waals surface area contributed by atoms with Crippen LogP contribution in [0.5, 0.6) is 0 Å². The third-order valence-electron chi connectivity index (χ3n) is 18.6. The lowest BCUT2D eigenvalue weighted by molar-refractivity contribution is -0.870. The highest BCUT2D eigenvalue weighted by Gasteiger charge is 2.30. The number of ether oxygens (including phenoxy) is 1. The van der Waals surface area contributed by atoms with E-state index in [-0.39, 0.29) is 25.1 Å². The second kappa shape index (κ2) is 71.0. The lowest BCUT2D eigenvalue weighted by Gasteiger charge is -2.27. The van der Waals surface area contributed by atoms with Gasteiger partial charge >= 0.3 is 13.8 Å². The first kappa shape index (κ1) is 89.2. The number of hydrogen-bond donors (Lipinski definition) is 2. The fourth-order valence-electron chi connectivity index (χ4n) is 12.3. The van der Waals surface area contributed by atoms with E-state index in [9.17, 15) is 19.0 Å². The molecule has 0 radical (unpaired) electrons. The number of rotatable bonds is 75. The van der Waals surface area contributed by atoms with Crippen molar-refractivity contribution in [2.24, 2.45) is 0 Å². The number of allylic oxidation sites excluding steroid dienone is 5. The van der Waals surface area contributed by atoms with Gasteiger partial charge in [0.05, 0.1) is 33.8 Å². The van der Waals surface area contributed by atoms with E-state index in [2.05, 4.69) is 56.5 Å². The van der Waals surface area contributed by atoms with Crippen LogP contribution in [-0.2, 0) is 27.9 Å². The second-order valence-electron chi connectivity index (χ2n) is 28.9. The first-order chi connectivity index (χ1) is 44.4. The maximum absolute atomic E-state index is 13.7. The molecule has 1 amide bonds. The predicted octanol–water partition coefficient (Wildman–Crippen LogP) is 26.1. The first-order valence-corrected chi connectivity index (χ1v) is 41.8. The average molecular weight is 1300 g/mol. The zero-order valence-electron chi connectivity index (χ0n) is 61.9. The fourth-order valence-corrected chi connectivity index (χ4v) is 13.1. The molecule has 0 saturated carbocycles. The Bertz CT molecular complexity index is 1650. The van der Waals surface area contributed by atoms with Gasteiger partial charge in [0, 0.05) is 12.8 Å². The van der Waals surface area contributed by atoms with Crippen LogP contribution in [0, 0.1) is 0 Å². The standard InChI is InChI=1S/C81H157N2O7P/c1-7-10-13-16-19-22-25-28-30-32-34-36-38-40-41-43-45-47-49-51-53-56-59-62-65-68-71-74-81(85)90-79(72-69-66-63-60-57-54-27-24-21-18-15-12-9-3)78(77-89-91(86,87)88-76-75-83(4,5)6)82-80(84)73-70-67-64-61-58-55-52-50-48-46-44-42-39-37-35-33-31-29-26-23-20-17-14-11-8-2/h28-31,69,72,78-79H,7-27,32-68,70-71,73-77H2,1-6H3,(H-,82,84,86,87)/p+1/b30-28+,31-29+,72-69+. The molecule has 0 aliphatic heterocycles. The molecule has 0 aromatic heterocycles. The number of likely N-dealkylation sites (N-methyl/N-ethyl adjacent to an activating group) is 1. The van der Waals surface area contributed by atoms with Crippen LogP contribution >= 0.6 is 7.82 Å². The molecule has 10 heteroatoms. The third kappa shape index (κ3) is 72.3. The molecule has 0 heterocycles. The molecule has 0 saturated heterocycles. The Morgan fingerprint density at radius 2 is 0.637 bits per heavy atom. The average Bonchev–Trinajstić information content (AvgIpc) is 3.73. The van der Waals surface area contributed by atoms with Crippen molar-refractivity contribution in [3.8, 4) is 0 Å². The van der Waals surface area contributed by atoms with Crippen LogP contribution in [-0.4, -0.2) is 74.3 Å². The van der Waals surface area contributed by atoms with E-state index in [0.717, 1.165) is 57.8 Å². The number of phosphoric ester groups is 1. The van der Waals surface area contributed by atoms with E-state index < -0.39 is 20.0 Å². The summed E-state index contributed by atoms with van der Waals surface area (Å²) in [6.45, 7) is 7.09. The topological polar surface area (TPSA) is 111 Å². The lowest BCUT2D eigenvalue weighted by atomic mass is 10.0. The monoisotopic (exact) mass is 1300 g/mol. The van der Waals surface area contributed by atoms with Crippen molar-refractivity contribution in [3.63, 3.8) is 0 Å². The van der Waals surface area contributed by atoms with E-state index in [1.807, 2.05) is 27.2 Å². The smallest absolute Gasteiger partial charge is 0.456 e. The Morgan fingerprint density at radius 1 is 0.374 bits per heavy atom. The van der Waals surface area contributed by atoms with Gasteiger partial charge in [-0.1, -0.05) is 359 Å². The van der Waals surface area contributed by atoms with Crippen LogP contribution in [0.15, 0.2) is 36.5 Å². The van der Waals surface area contributed by atoms with Crippen molar-refractivity contribution in [1.29, 1.82) is 0 Å². The normalized spacial score (nSPS) is 13.5. The van der Waals surface area contributed by atoms with Gasteiger partial charge in [0.1, 0.15) is 19.3 Å². The molecule has 538 valence electrons. The maximum atomic E-state index is 13.7. The molecule has 0 fully saturated rings. The molecule has 3 atom stereocenters. The summed E-state index contributed by atoms with van der Waals surface area (Å²) >= 11 is 0. The molecule has 0 aromatic carbocycles. The van der Waals surface area contributed by atoms with Gasteiger partial charge < -0.3 is 19.4 Å². The Morgan fingerprint density at radius 3 is 0.934 bits per heavy atom. The summed E-state index contributed by atoms with van der Waals surface area (Å²) < 4.78 is 31.0. The number of carbonyl (C=O) groups excluding carboxylic acids is 2. The largest absolute Gasteiger partial charge is 0.472 e. The molecule has 0 aliphatic rings. The molecule has 0 rings (SSSR count). The number of nitrogens with one attached hydrogen (secondary N) is 1. The molecule has 3 unspecified atom stereocenters. The van der Waals surface area contributed by atoms with Crippen molar-refractivity contribution in [2.75, 3.05) is 40.9 Å². The number of hydrogen-bond acceptors (Lipinski definition) is 6. The van der Waals surface area contributed by atoms with Crippen LogP contribution in [0.1, 0.15) is 419 Å². The molecular formula is C81H158N2O7P+. The quantitative estimate of drug-likeness (QED) is 0.0205. The molecular weight excluding hydrogens is 1140 g/mol. The molecule has 9 nitrogen and oxygen atoms in total. The maximum Gasteiger partial charge on any atom is 0.472 e. The van der Waals surface area contributed by atoms with Gasteiger partial charge in [-0.15, -0.1) is 0 Å². The summed E-state index contributed by atoms with van der Waals surface area (Å²) in [7, 11) is 1.52. The molecule has 2 N–H and O–H groups in total. The second-order valence-corrected chi connectivity index (χ2v) is 30.4. The highest BCUT2D eigenvalue weighted by Crippen LogP contribution is 2.43. The first-order valence-electron chi connectivity index (χ1n) is 40.3. The van der Waals surface area contributed by atoms with Crippen LogP contribution < -0.4 is 5.32 Å². The third-order valence-corrected chi connectivity index (χ3v) is 19.5. The van der Waals surface area contributed by atoms with Crippen LogP contribution in [0.3, 0.4) is 0 Å². The zero-order valence-corrected chi connectivity index (χ0v) is 62.8. The van der Waals surface area contributed by atoms with Crippen molar-refractivity contribution < 1.29 is 37.3 Å². The molecule has 91 heavy (non-hydrogen) atoms. The van der Waals surface area contributed by atoms with Crippen molar-refractivity contribution >= 4 is 19.7 Å². The van der Waals surface area contributed by atoms with Gasteiger partial charge in [-0.05, 0) is 83.1 Å². The highest BCUT2D eigenvalue weighted by molar-refractivity contribution is 7.47. The number of nitrogens with zero attached hydrogens (tertiary/aromatic N) is 1. The molecule has 0 aliphatic carbocycles. The zero-order chi connectivity index (χ0) is 66.3. The van der Waals surface area contributed by atoms with Crippen LogP contribution in [0.25, 0.3) is 0 Å². The minimum atomic E-state index is -4.46. The number of esters is 1. The van der Waals surface area contributed by atoms with E-state index in [4.69, 9.17) is 13.8 Å². The van der Waals surface area contributed by atoms with Gasteiger partial charge in [0.2, 0.25) is 5.91 Å². The van der Waals surface area contributed by atoms with Crippen LogP contribution in [0.2, 0.25) is 0 Å². The Hall–Kier alpha value is -1.77. The number of quaternary nitrogens is 1. The number of carbonyl (C=O) groups is 2. The lowest BCUT2D eigenvalue weighted by Crippen LogP contribution is -2.47. The summed E-state index contributed by atoms with van der Waals surface area (Å²) in [4.78, 5) is 38.1. The number of amides is 1. The minimum Gasteiger partial charge on any atom is -0.456 e. The Balaban J connectivity index is 4.92. The van der Waals surface area contributed by atoms with Gasteiger partial charge in [-0.25, -0.2) is 4.57 Å². The van der Waals surface area contributed by atoms with Crippen LogP contribution in [0.4, 0.5) is 0 Å². The van der Waals surface area contributed by atoms with Crippen molar-refractivity contribution in [3.05, 3.63) is 36.5 Å². The van der Waals surface area contributed by atoms with E-state index in [0.29, 0.717) is 23.9 Å². The summed E-state index contributed by atoms with van der Waals surface area (Å²) in [5.74, 6) is -0.479. The van der Waals surface area contributed by atoms with Crippen molar-refractivity contribution in [1.82, 2.24) is 5.32 Å². The van der Waals surface area contributed by atoms with E-state index in [1.54, 1.807) is 0 Å². The summed E-state index contributed by atoms with van der Waals surface area (Å²) in [5.41, 5.74) is 0. The van der Waals surface area contributed by atoms with Gasteiger partial charge in [-0.2, -0.15) is 0 Å². The highest BCUT2D eigenvalue weighted by atomic mass is 31.2. The minimum absolute atomic E-state index is 0.0439.